The third kappa shape index (κ3) is 3.37. The maximum absolute atomic E-state index is 12.1. The van der Waals surface area contributed by atoms with Crippen molar-refractivity contribution >= 4 is 6.03 Å². The zero-order valence-electron chi connectivity index (χ0n) is 10.5. The van der Waals surface area contributed by atoms with E-state index in [2.05, 4.69) is 19.2 Å². The van der Waals surface area contributed by atoms with Gasteiger partial charge in [0, 0.05) is 25.2 Å². The van der Waals surface area contributed by atoms with Gasteiger partial charge in [0.25, 0.3) is 0 Å². The van der Waals surface area contributed by atoms with E-state index in [0.717, 1.165) is 25.7 Å². The van der Waals surface area contributed by atoms with Gasteiger partial charge in [-0.3, -0.25) is 0 Å². The molecule has 4 heteroatoms. The lowest BCUT2D eigenvalue weighted by molar-refractivity contribution is 0.162. The lowest BCUT2D eigenvalue weighted by atomic mass is 9.93. The molecule has 0 aromatic heterocycles. The van der Waals surface area contributed by atoms with Gasteiger partial charge in [0.2, 0.25) is 0 Å². The number of hydrogen-bond acceptors (Lipinski definition) is 2. The molecule has 0 saturated heterocycles. The molecule has 1 fully saturated rings. The fourth-order valence-corrected chi connectivity index (χ4v) is 2.13. The summed E-state index contributed by atoms with van der Waals surface area (Å²) in [4.78, 5) is 14.0. The normalized spacial score (nSPS) is 16.0. The van der Waals surface area contributed by atoms with Crippen LogP contribution in [0.4, 0.5) is 4.79 Å². The molecular weight excluding hydrogens is 202 g/mol. The molecule has 4 nitrogen and oxygen atoms in total. The molecule has 1 aliphatic carbocycles. The van der Waals surface area contributed by atoms with Gasteiger partial charge in [-0.05, 0) is 32.1 Å². The van der Waals surface area contributed by atoms with Gasteiger partial charge in [0.05, 0.1) is 0 Å². The average Bonchev–Trinajstić information content (AvgIpc) is 2.23. The van der Waals surface area contributed by atoms with Crippen LogP contribution >= 0.6 is 0 Å². The summed E-state index contributed by atoms with van der Waals surface area (Å²) in [7, 11) is 0. The lowest BCUT2D eigenvalue weighted by Gasteiger charge is -2.34. The molecular formula is C12H25N3O. The number of urea groups is 1. The van der Waals surface area contributed by atoms with Crippen molar-refractivity contribution in [1.29, 1.82) is 0 Å². The van der Waals surface area contributed by atoms with Crippen molar-refractivity contribution in [2.45, 2.75) is 58.0 Å². The standard InChI is InChI=1S/C12H25N3O/c1-3-11(4-2)15(9-8-13)12(16)14-10-6-5-7-10/h10-11H,3-9,13H2,1-2H3,(H,14,16). The fourth-order valence-electron chi connectivity index (χ4n) is 2.13. The van der Waals surface area contributed by atoms with Gasteiger partial charge in [0.15, 0.2) is 0 Å². The molecule has 94 valence electrons. The summed E-state index contributed by atoms with van der Waals surface area (Å²) in [6.07, 6.45) is 5.49. The largest absolute Gasteiger partial charge is 0.335 e. The topological polar surface area (TPSA) is 58.4 Å². The first-order valence-corrected chi connectivity index (χ1v) is 6.50. The summed E-state index contributed by atoms with van der Waals surface area (Å²) >= 11 is 0. The van der Waals surface area contributed by atoms with Crippen LogP contribution in [0.3, 0.4) is 0 Å². The molecule has 1 saturated carbocycles. The van der Waals surface area contributed by atoms with Crippen LogP contribution in [0.25, 0.3) is 0 Å². The molecule has 0 aliphatic heterocycles. The molecule has 0 bridgehead atoms. The Labute approximate surface area is 98.6 Å². The molecule has 1 aliphatic rings. The van der Waals surface area contributed by atoms with Crippen LogP contribution in [0, 0.1) is 0 Å². The van der Waals surface area contributed by atoms with E-state index in [0.29, 0.717) is 25.2 Å². The zero-order chi connectivity index (χ0) is 12.0. The van der Waals surface area contributed by atoms with Crippen LogP contribution in [0.2, 0.25) is 0 Å². The Bertz CT molecular complexity index is 212. The summed E-state index contributed by atoms with van der Waals surface area (Å²) in [5.41, 5.74) is 5.57. The molecule has 2 amide bonds. The predicted molar refractivity (Wildman–Crippen MR) is 66.3 cm³/mol. The molecule has 0 heterocycles. The molecule has 0 aromatic rings. The zero-order valence-corrected chi connectivity index (χ0v) is 10.5. The number of nitrogens with one attached hydrogen (secondary N) is 1. The lowest BCUT2D eigenvalue weighted by Crippen LogP contribution is -2.52. The van der Waals surface area contributed by atoms with Gasteiger partial charge >= 0.3 is 6.03 Å². The molecule has 0 unspecified atom stereocenters. The molecule has 0 aromatic carbocycles. The molecule has 16 heavy (non-hydrogen) atoms. The van der Waals surface area contributed by atoms with Crippen LogP contribution in [0.1, 0.15) is 46.0 Å². The number of hydrogen-bond donors (Lipinski definition) is 2. The van der Waals surface area contributed by atoms with Crippen molar-refractivity contribution in [3.63, 3.8) is 0 Å². The number of amides is 2. The molecule has 0 atom stereocenters. The average molecular weight is 227 g/mol. The Hall–Kier alpha value is -0.770. The van der Waals surface area contributed by atoms with Gasteiger partial charge in [-0.1, -0.05) is 13.8 Å². The van der Waals surface area contributed by atoms with Crippen LogP contribution in [-0.4, -0.2) is 36.1 Å². The summed E-state index contributed by atoms with van der Waals surface area (Å²) < 4.78 is 0. The van der Waals surface area contributed by atoms with E-state index in [1.54, 1.807) is 0 Å². The highest BCUT2D eigenvalue weighted by Gasteiger charge is 2.25. The number of nitrogens with two attached hydrogens (primary N) is 1. The van der Waals surface area contributed by atoms with Crippen molar-refractivity contribution in [1.82, 2.24) is 10.2 Å². The summed E-state index contributed by atoms with van der Waals surface area (Å²) in [5.74, 6) is 0. The van der Waals surface area contributed by atoms with Gasteiger partial charge < -0.3 is 16.0 Å². The number of nitrogens with zero attached hydrogens (tertiary/aromatic N) is 1. The minimum Gasteiger partial charge on any atom is -0.335 e. The molecule has 0 spiro atoms. The number of rotatable bonds is 6. The third-order valence-electron chi connectivity index (χ3n) is 3.45. The second-order valence-corrected chi connectivity index (χ2v) is 4.53. The highest BCUT2D eigenvalue weighted by Crippen LogP contribution is 2.19. The first-order valence-electron chi connectivity index (χ1n) is 6.50. The highest BCUT2D eigenvalue weighted by molar-refractivity contribution is 5.75. The monoisotopic (exact) mass is 227 g/mol. The fraction of sp³-hybridized carbons (Fsp3) is 0.917. The Morgan fingerprint density at radius 3 is 2.44 bits per heavy atom. The second-order valence-electron chi connectivity index (χ2n) is 4.53. The van der Waals surface area contributed by atoms with Crippen LogP contribution in [0.15, 0.2) is 0 Å². The predicted octanol–water partition coefficient (Wildman–Crippen LogP) is 1.70. The molecule has 1 rings (SSSR count). The Balaban J connectivity index is 2.48. The molecule has 3 N–H and O–H groups in total. The van der Waals surface area contributed by atoms with E-state index in [1.807, 2.05) is 4.90 Å². The van der Waals surface area contributed by atoms with Crippen molar-refractivity contribution in [2.75, 3.05) is 13.1 Å². The molecule has 0 radical (unpaired) electrons. The maximum atomic E-state index is 12.1. The van der Waals surface area contributed by atoms with Crippen molar-refractivity contribution in [3.8, 4) is 0 Å². The van der Waals surface area contributed by atoms with E-state index in [9.17, 15) is 4.79 Å². The van der Waals surface area contributed by atoms with E-state index in [4.69, 9.17) is 5.73 Å². The first kappa shape index (κ1) is 13.3. The van der Waals surface area contributed by atoms with Gasteiger partial charge in [-0.15, -0.1) is 0 Å². The smallest absolute Gasteiger partial charge is 0.317 e. The SMILES string of the molecule is CCC(CC)N(CCN)C(=O)NC1CCC1. The van der Waals surface area contributed by atoms with E-state index < -0.39 is 0 Å². The van der Waals surface area contributed by atoms with E-state index in [1.165, 1.54) is 6.42 Å². The number of carbonyl (C=O) groups is 1. The van der Waals surface area contributed by atoms with Crippen molar-refractivity contribution < 1.29 is 4.79 Å². The van der Waals surface area contributed by atoms with Gasteiger partial charge in [-0.25, -0.2) is 4.79 Å². The quantitative estimate of drug-likeness (QED) is 0.725. The van der Waals surface area contributed by atoms with E-state index in [-0.39, 0.29) is 6.03 Å². The minimum atomic E-state index is 0.0730. The summed E-state index contributed by atoms with van der Waals surface area (Å²) in [5, 5.41) is 3.08. The summed E-state index contributed by atoms with van der Waals surface area (Å²) in [6, 6.07) is 0.801. The highest BCUT2D eigenvalue weighted by atomic mass is 16.2. The van der Waals surface area contributed by atoms with Crippen LogP contribution < -0.4 is 11.1 Å². The third-order valence-corrected chi connectivity index (χ3v) is 3.45. The maximum Gasteiger partial charge on any atom is 0.317 e. The van der Waals surface area contributed by atoms with Crippen molar-refractivity contribution in [2.24, 2.45) is 5.73 Å². The van der Waals surface area contributed by atoms with Crippen LogP contribution in [-0.2, 0) is 0 Å². The van der Waals surface area contributed by atoms with E-state index >= 15 is 0 Å². The Morgan fingerprint density at radius 1 is 1.44 bits per heavy atom. The van der Waals surface area contributed by atoms with Gasteiger partial charge in [-0.2, -0.15) is 0 Å². The second kappa shape index (κ2) is 6.74. The first-order chi connectivity index (χ1) is 7.72. The Morgan fingerprint density at radius 2 is 2.06 bits per heavy atom. The number of carbonyl (C=O) groups excluding carboxylic acids is 1. The van der Waals surface area contributed by atoms with Crippen LogP contribution in [0.5, 0.6) is 0 Å². The Kier molecular flexibility index (Phi) is 5.60. The van der Waals surface area contributed by atoms with Gasteiger partial charge in [0.1, 0.15) is 0 Å². The minimum absolute atomic E-state index is 0.0730. The van der Waals surface area contributed by atoms with Crippen molar-refractivity contribution in [3.05, 3.63) is 0 Å². The summed E-state index contributed by atoms with van der Waals surface area (Å²) in [6.45, 7) is 5.43.